The number of carbonyl (C=O) groups excluding carboxylic acids is 3. The van der Waals surface area contributed by atoms with Crippen molar-refractivity contribution in [2.75, 3.05) is 27.2 Å². The van der Waals surface area contributed by atoms with Crippen molar-refractivity contribution in [3.05, 3.63) is 40.4 Å². The largest absolute Gasteiger partial charge is 0.452 e. The highest BCUT2D eigenvalue weighted by atomic mass is 79.9. The molecule has 6 nitrogen and oxygen atoms in total. The third-order valence-corrected chi connectivity index (χ3v) is 3.09. The smallest absolute Gasteiger partial charge is 0.331 e. The molecule has 0 spiro atoms. The van der Waals surface area contributed by atoms with E-state index in [0.717, 1.165) is 10.0 Å². The molecule has 1 N–H and O–H groups in total. The van der Waals surface area contributed by atoms with Crippen molar-refractivity contribution in [2.45, 2.75) is 0 Å². The van der Waals surface area contributed by atoms with Crippen LogP contribution in [0.5, 0.6) is 0 Å². The standard InChI is InChI=1S/C15H17BrN2O4/c1-18(2)14(20)9-17-13(19)10-22-15(21)8-5-11-3-6-12(16)7-4-11/h3-8H,9-10H2,1-2H3,(H,17,19)/b8-5+. The Morgan fingerprint density at radius 2 is 1.86 bits per heavy atom. The summed E-state index contributed by atoms with van der Waals surface area (Å²) >= 11 is 3.31. The zero-order valence-corrected chi connectivity index (χ0v) is 13.9. The minimum absolute atomic E-state index is 0.127. The summed E-state index contributed by atoms with van der Waals surface area (Å²) in [6, 6.07) is 7.35. The lowest BCUT2D eigenvalue weighted by molar-refractivity contribution is -0.144. The van der Waals surface area contributed by atoms with E-state index in [1.807, 2.05) is 24.3 Å². The summed E-state index contributed by atoms with van der Waals surface area (Å²) in [7, 11) is 3.17. The average molecular weight is 369 g/mol. The quantitative estimate of drug-likeness (QED) is 0.604. The third kappa shape index (κ3) is 7.03. The van der Waals surface area contributed by atoms with Gasteiger partial charge in [0, 0.05) is 24.6 Å². The number of carbonyl (C=O) groups is 3. The molecule has 2 amide bonds. The van der Waals surface area contributed by atoms with Crippen molar-refractivity contribution in [1.29, 1.82) is 0 Å². The van der Waals surface area contributed by atoms with Crippen LogP contribution in [0.2, 0.25) is 0 Å². The van der Waals surface area contributed by atoms with Gasteiger partial charge in [0.15, 0.2) is 6.61 Å². The number of nitrogens with zero attached hydrogens (tertiary/aromatic N) is 1. The van der Waals surface area contributed by atoms with E-state index >= 15 is 0 Å². The number of benzene rings is 1. The molecule has 1 aromatic rings. The van der Waals surface area contributed by atoms with Gasteiger partial charge in [0.05, 0.1) is 6.54 Å². The maximum atomic E-state index is 11.5. The molecule has 1 aromatic carbocycles. The Morgan fingerprint density at radius 1 is 1.23 bits per heavy atom. The van der Waals surface area contributed by atoms with Crippen LogP contribution in [0.4, 0.5) is 0 Å². The zero-order valence-electron chi connectivity index (χ0n) is 12.3. The molecule has 0 fully saturated rings. The first-order valence-corrected chi connectivity index (χ1v) is 7.25. The molecular weight excluding hydrogens is 352 g/mol. The van der Waals surface area contributed by atoms with E-state index in [4.69, 9.17) is 4.74 Å². The predicted octanol–water partition coefficient (Wildman–Crippen LogP) is 1.21. The summed E-state index contributed by atoms with van der Waals surface area (Å²) in [5.41, 5.74) is 0.834. The lowest BCUT2D eigenvalue weighted by Crippen LogP contribution is -2.38. The molecule has 0 unspecified atom stereocenters. The molecule has 0 aliphatic carbocycles. The van der Waals surface area contributed by atoms with Gasteiger partial charge in [0.25, 0.3) is 5.91 Å². The Balaban J connectivity index is 2.32. The molecular formula is C15H17BrN2O4. The van der Waals surface area contributed by atoms with Crippen molar-refractivity contribution >= 4 is 39.8 Å². The van der Waals surface area contributed by atoms with Crippen molar-refractivity contribution in [3.8, 4) is 0 Å². The number of rotatable bonds is 6. The second-order valence-corrected chi connectivity index (χ2v) is 5.47. The molecule has 0 radical (unpaired) electrons. The van der Waals surface area contributed by atoms with Gasteiger partial charge in [-0.25, -0.2) is 4.79 Å². The molecule has 22 heavy (non-hydrogen) atoms. The SMILES string of the molecule is CN(C)C(=O)CNC(=O)COC(=O)/C=C/c1ccc(Br)cc1. The van der Waals surface area contributed by atoms with Crippen molar-refractivity contribution < 1.29 is 19.1 Å². The van der Waals surface area contributed by atoms with Gasteiger partial charge in [0.1, 0.15) is 0 Å². The fraction of sp³-hybridized carbons (Fsp3) is 0.267. The molecule has 0 heterocycles. The van der Waals surface area contributed by atoms with Gasteiger partial charge in [-0.05, 0) is 23.8 Å². The van der Waals surface area contributed by atoms with Gasteiger partial charge >= 0.3 is 5.97 Å². The van der Waals surface area contributed by atoms with Crippen LogP contribution < -0.4 is 5.32 Å². The molecule has 0 atom stereocenters. The van der Waals surface area contributed by atoms with E-state index < -0.39 is 18.5 Å². The molecule has 0 saturated carbocycles. The van der Waals surface area contributed by atoms with Gasteiger partial charge in [0.2, 0.25) is 5.91 Å². The minimum Gasteiger partial charge on any atom is -0.452 e. The van der Waals surface area contributed by atoms with Gasteiger partial charge in [-0.15, -0.1) is 0 Å². The number of likely N-dealkylation sites (N-methyl/N-ethyl adjacent to an activating group) is 1. The highest BCUT2D eigenvalue weighted by Gasteiger charge is 2.08. The number of hydrogen-bond acceptors (Lipinski definition) is 4. The first kappa shape index (κ1) is 17.9. The zero-order chi connectivity index (χ0) is 16.5. The highest BCUT2D eigenvalue weighted by Crippen LogP contribution is 2.11. The van der Waals surface area contributed by atoms with Crippen molar-refractivity contribution in [2.24, 2.45) is 0 Å². The monoisotopic (exact) mass is 368 g/mol. The van der Waals surface area contributed by atoms with E-state index in [0.29, 0.717) is 0 Å². The normalized spacial score (nSPS) is 10.3. The summed E-state index contributed by atoms with van der Waals surface area (Å²) in [6.45, 7) is -0.553. The van der Waals surface area contributed by atoms with E-state index in [1.165, 1.54) is 11.0 Å². The Kier molecular flexibility index (Phi) is 7.31. The van der Waals surface area contributed by atoms with Gasteiger partial charge in [-0.3, -0.25) is 9.59 Å². The summed E-state index contributed by atoms with van der Waals surface area (Å²) in [5, 5.41) is 2.36. The van der Waals surface area contributed by atoms with Crippen LogP contribution in [0, 0.1) is 0 Å². The number of nitrogens with one attached hydrogen (secondary N) is 1. The molecule has 0 aliphatic heterocycles. The van der Waals surface area contributed by atoms with E-state index in [-0.39, 0.29) is 12.5 Å². The Morgan fingerprint density at radius 3 is 2.45 bits per heavy atom. The van der Waals surface area contributed by atoms with Crippen LogP contribution in [-0.4, -0.2) is 49.9 Å². The summed E-state index contributed by atoms with van der Waals surface area (Å²) in [6.07, 6.45) is 2.82. The van der Waals surface area contributed by atoms with Crippen LogP contribution in [0.15, 0.2) is 34.8 Å². The highest BCUT2D eigenvalue weighted by molar-refractivity contribution is 9.10. The van der Waals surface area contributed by atoms with Crippen LogP contribution >= 0.6 is 15.9 Å². The number of amides is 2. The molecule has 7 heteroatoms. The number of ether oxygens (including phenoxy) is 1. The number of hydrogen-bond donors (Lipinski definition) is 1. The van der Waals surface area contributed by atoms with Crippen molar-refractivity contribution in [1.82, 2.24) is 10.2 Å². The second kappa shape index (κ2) is 8.99. The Hall–Kier alpha value is -2.15. The maximum absolute atomic E-state index is 11.5. The summed E-state index contributed by atoms with van der Waals surface area (Å²) in [5.74, 6) is -1.40. The lowest BCUT2D eigenvalue weighted by atomic mass is 10.2. The van der Waals surface area contributed by atoms with Gasteiger partial charge in [-0.2, -0.15) is 0 Å². The number of esters is 1. The van der Waals surface area contributed by atoms with Crippen LogP contribution in [0.3, 0.4) is 0 Å². The van der Waals surface area contributed by atoms with E-state index in [1.54, 1.807) is 20.2 Å². The lowest BCUT2D eigenvalue weighted by Gasteiger charge is -2.10. The minimum atomic E-state index is -0.628. The van der Waals surface area contributed by atoms with Crippen molar-refractivity contribution in [3.63, 3.8) is 0 Å². The summed E-state index contributed by atoms with van der Waals surface area (Å²) < 4.78 is 5.71. The molecule has 0 saturated heterocycles. The second-order valence-electron chi connectivity index (χ2n) is 4.56. The number of halogens is 1. The van der Waals surface area contributed by atoms with Crippen LogP contribution in [0.25, 0.3) is 6.08 Å². The van der Waals surface area contributed by atoms with Crippen LogP contribution in [0.1, 0.15) is 5.56 Å². The predicted molar refractivity (Wildman–Crippen MR) is 85.8 cm³/mol. The molecule has 0 aliphatic rings. The fourth-order valence-electron chi connectivity index (χ4n) is 1.31. The maximum Gasteiger partial charge on any atom is 0.331 e. The van der Waals surface area contributed by atoms with Gasteiger partial charge < -0.3 is 15.0 Å². The van der Waals surface area contributed by atoms with E-state index in [2.05, 4.69) is 21.2 Å². The van der Waals surface area contributed by atoms with Gasteiger partial charge in [-0.1, -0.05) is 28.1 Å². The third-order valence-electron chi connectivity index (χ3n) is 2.56. The Labute approximate surface area is 137 Å². The first-order chi connectivity index (χ1) is 10.4. The summed E-state index contributed by atoms with van der Waals surface area (Å²) in [4.78, 5) is 35.5. The van der Waals surface area contributed by atoms with E-state index in [9.17, 15) is 14.4 Å². The molecule has 0 bridgehead atoms. The fourth-order valence-corrected chi connectivity index (χ4v) is 1.57. The first-order valence-electron chi connectivity index (χ1n) is 6.45. The Bertz CT molecular complexity index is 567. The molecule has 0 aromatic heterocycles. The molecule has 1 rings (SSSR count). The van der Waals surface area contributed by atoms with Crippen LogP contribution in [-0.2, 0) is 19.1 Å². The molecule has 118 valence electrons. The average Bonchev–Trinajstić information content (AvgIpc) is 2.49. The topological polar surface area (TPSA) is 75.7 Å².